The first kappa shape index (κ1) is 11.0. The Balaban J connectivity index is 2.67. The lowest BCUT2D eigenvalue weighted by molar-refractivity contribution is -0.498. The van der Waals surface area contributed by atoms with Crippen molar-refractivity contribution >= 4 is 0 Å². The summed E-state index contributed by atoms with van der Waals surface area (Å²) in [6, 6.07) is 2.11. The van der Waals surface area contributed by atoms with Crippen LogP contribution in [0, 0.1) is 26.9 Å². The SMILES string of the molecule is N#CCC1(C[N+](=O)[O-])CCCCCC1. The van der Waals surface area contributed by atoms with Gasteiger partial charge in [-0.2, -0.15) is 5.26 Å². The Labute approximate surface area is 84.1 Å². The molecule has 0 bridgehead atoms. The molecule has 4 nitrogen and oxygen atoms in total. The average Bonchev–Trinajstić information content (AvgIpc) is 2.30. The molecule has 0 radical (unpaired) electrons. The number of hydrogen-bond acceptors (Lipinski definition) is 3. The summed E-state index contributed by atoms with van der Waals surface area (Å²) in [6.45, 7) is -0.0272. The third kappa shape index (κ3) is 2.99. The maximum atomic E-state index is 10.6. The second-order valence-electron chi connectivity index (χ2n) is 4.24. The molecule has 0 unspecified atom stereocenters. The number of hydrogen-bond donors (Lipinski definition) is 0. The van der Waals surface area contributed by atoms with Crippen LogP contribution in [0.15, 0.2) is 0 Å². The van der Waals surface area contributed by atoms with Gasteiger partial charge in [-0.05, 0) is 12.8 Å². The Hall–Kier alpha value is -1.11. The van der Waals surface area contributed by atoms with Crippen LogP contribution < -0.4 is 0 Å². The first-order chi connectivity index (χ1) is 6.68. The van der Waals surface area contributed by atoms with E-state index in [1.807, 2.05) is 0 Å². The lowest BCUT2D eigenvalue weighted by Gasteiger charge is -2.25. The van der Waals surface area contributed by atoms with Crippen molar-refractivity contribution < 1.29 is 4.92 Å². The van der Waals surface area contributed by atoms with Gasteiger partial charge in [0.05, 0.1) is 6.07 Å². The van der Waals surface area contributed by atoms with Crippen molar-refractivity contribution in [3.05, 3.63) is 10.1 Å². The van der Waals surface area contributed by atoms with E-state index in [4.69, 9.17) is 5.26 Å². The molecular formula is C10H16N2O2. The first-order valence-electron chi connectivity index (χ1n) is 5.17. The molecule has 0 N–H and O–H groups in total. The summed E-state index contributed by atoms with van der Waals surface area (Å²) in [6.07, 6.45) is 6.43. The molecule has 0 amide bonds. The summed E-state index contributed by atoms with van der Waals surface area (Å²) in [5.74, 6) is 0. The Morgan fingerprint density at radius 3 is 2.29 bits per heavy atom. The smallest absolute Gasteiger partial charge is 0.210 e. The van der Waals surface area contributed by atoms with E-state index < -0.39 is 0 Å². The van der Waals surface area contributed by atoms with Crippen LogP contribution in [-0.2, 0) is 0 Å². The van der Waals surface area contributed by atoms with Crippen molar-refractivity contribution in [2.45, 2.75) is 44.9 Å². The van der Waals surface area contributed by atoms with Crippen molar-refractivity contribution in [1.82, 2.24) is 0 Å². The van der Waals surface area contributed by atoms with Gasteiger partial charge in [0.2, 0.25) is 6.54 Å². The van der Waals surface area contributed by atoms with Crippen LogP contribution in [0.25, 0.3) is 0 Å². The van der Waals surface area contributed by atoms with Gasteiger partial charge in [0.15, 0.2) is 0 Å². The summed E-state index contributed by atoms with van der Waals surface area (Å²) in [4.78, 5) is 10.3. The zero-order chi connectivity index (χ0) is 10.4. The lowest BCUT2D eigenvalue weighted by Crippen LogP contribution is -2.29. The molecule has 4 heteroatoms. The molecule has 1 fully saturated rings. The molecular weight excluding hydrogens is 180 g/mol. The third-order valence-corrected chi connectivity index (χ3v) is 3.08. The van der Waals surface area contributed by atoms with E-state index in [-0.39, 0.29) is 16.9 Å². The molecule has 1 aliphatic rings. The minimum atomic E-state index is -0.325. The van der Waals surface area contributed by atoms with Crippen molar-refractivity contribution in [2.75, 3.05) is 6.54 Å². The van der Waals surface area contributed by atoms with Gasteiger partial charge in [0.1, 0.15) is 0 Å². The zero-order valence-corrected chi connectivity index (χ0v) is 8.37. The molecule has 0 atom stereocenters. The summed E-state index contributed by atoms with van der Waals surface area (Å²) in [7, 11) is 0. The predicted molar refractivity (Wildman–Crippen MR) is 52.2 cm³/mol. The van der Waals surface area contributed by atoms with Crippen LogP contribution in [0.4, 0.5) is 0 Å². The normalized spacial score (nSPS) is 20.8. The molecule has 0 heterocycles. The Bertz CT molecular complexity index is 237. The highest BCUT2D eigenvalue weighted by molar-refractivity contribution is 4.89. The highest BCUT2D eigenvalue weighted by Crippen LogP contribution is 2.37. The maximum absolute atomic E-state index is 10.6. The number of nitrogens with zero attached hydrogens (tertiary/aromatic N) is 2. The summed E-state index contributed by atoms with van der Waals surface area (Å²) >= 11 is 0. The van der Waals surface area contributed by atoms with Crippen LogP contribution in [0.1, 0.15) is 44.9 Å². The highest BCUT2D eigenvalue weighted by atomic mass is 16.6. The van der Waals surface area contributed by atoms with E-state index in [1.165, 1.54) is 0 Å². The molecule has 1 aliphatic carbocycles. The predicted octanol–water partition coefficient (Wildman–Crippen LogP) is 2.52. The second-order valence-corrected chi connectivity index (χ2v) is 4.24. The average molecular weight is 196 g/mol. The van der Waals surface area contributed by atoms with Gasteiger partial charge < -0.3 is 0 Å². The third-order valence-electron chi connectivity index (χ3n) is 3.08. The summed E-state index contributed by atoms with van der Waals surface area (Å²) in [5.41, 5.74) is -0.325. The molecule has 14 heavy (non-hydrogen) atoms. The number of nitriles is 1. The second kappa shape index (κ2) is 4.94. The van der Waals surface area contributed by atoms with E-state index in [0.717, 1.165) is 38.5 Å². The van der Waals surface area contributed by atoms with Gasteiger partial charge in [0, 0.05) is 16.8 Å². The minimum absolute atomic E-state index is 0.0272. The molecule has 0 aromatic heterocycles. The largest absolute Gasteiger partial charge is 0.265 e. The van der Waals surface area contributed by atoms with Crippen molar-refractivity contribution in [1.29, 1.82) is 5.26 Å². The van der Waals surface area contributed by atoms with Crippen LogP contribution in [0.2, 0.25) is 0 Å². The quantitative estimate of drug-likeness (QED) is 0.395. The standard InChI is InChI=1S/C10H16N2O2/c11-8-7-10(9-12(13)14)5-3-1-2-4-6-10/h1-7,9H2. The molecule has 0 aliphatic heterocycles. The fourth-order valence-corrected chi connectivity index (χ4v) is 2.31. The van der Waals surface area contributed by atoms with Crippen molar-refractivity contribution in [2.24, 2.45) is 5.41 Å². The van der Waals surface area contributed by atoms with Crippen molar-refractivity contribution in [3.63, 3.8) is 0 Å². The number of rotatable bonds is 3. The summed E-state index contributed by atoms with van der Waals surface area (Å²) < 4.78 is 0. The molecule has 0 spiro atoms. The van der Waals surface area contributed by atoms with Crippen LogP contribution in [0.5, 0.6) is 0 Å². The van der Waals surface area contributed by atoms with E-state index in [1.54, 1.807) is 0 Å². The van der Waals surface area contributed by atoms with Crippen molar-refractivity contribution in [3.8, 4) is 6.07 Å². The van der Waals surface area contributed by atoms with E-state index >= 15 is 0 Å². The molecule has 0 aromatic carbocycles. The van der Waals surface area contributed by atoms with Gasteiger partial charge >= 0.3 is 0 Å². The molecule has 1 rings (SSSR count). The highest BCUT2D eigenvalue weighted by Gasteiger charge is 2.35. The fraction of sp³-hybridized carbons (Fsp3) is 0.900. The van der Waals surface area contributed by atoms with Gasteiger partial charge in [-0.3, -0.25) is 10.1 Å². The van der Waals surface area contributed by atoms with Crippen LogP contribution >= 0.6 is 0 Å². The molecule has 78 valence electrons. The molecule has 0 aromatic rings. The number of nitro groups is 1. The van der Waals surface area contributed by atoms with Gasteiger partial charge in [-0.1, -0.05) is 25.7 Å². The Morgan fingerprint density at radius 1 is 1.29 bits per heavy atom. The van der Waals surface area contributed by atoms with Gasteiger partial charge in [-0.15, -0.1) is 0 Å². The van der Waals surface area contributed by atoms with E-state index in [9.17, 15) is 10.1 Å². The van der Waals surface area contributed by atoms with Crippen LogP contribution in [0.3, 0.4) is 0 Å². The maximum Gasteiger partial charge on any atom is 0.210 e. The van der Waals surface area contributed by atoms with E-state index in [2.05, 4.69) is 6.07 Å². The van der Waals surface area contributed by atoms with Gasteiger partial charge in [-0.25, -0.2) is 0 Å². The van der Waals surface area contributed by atoms with Crippen LogP contribution in [-0.4, -0.2) is 11.5 Å². The lowest BCUT2D eigenvalue weighted by atomic mass is 9.78. The monoisotopic (exact) mass is 196 g/mol. The Morgan fingerprint density at radius 2 is 1.86 bits per heavy atom. The fourth-order valence-electron chi connectivity index (χ4n) is 2.31. The molecule has 0 saturated heterocycles. The first-order valence-corrected chi connectivity index (χ1v) is 5.17. The Kier molecular flexibility index (Phi) is 3.87. The summed E-state index contributed by atoms with van der Waals surface area (Å²) in [5, 5.41) is 19.3. The zero-order valence-electron chi connectivity index (χ0n) is 8.37. The minimum Gasteiger partial charge on any atom is -0.265 e. The van der Waals surface area contributed by atoms with E-state index in [0.29, 0.717) is 6.42 Å². The molecule has 1 saturated carbocycles. The topological polar surface area (TPSA) is 66.9 Å². The van der Waals surface area contributed by atoms with Gasteiger partial charge in [0.25, 0.3) is 0 Å².